The monoisotopic (exact) mass is 412 g/mol. The first-order valence-corrected chi connectivity index (χ1v) is 10.5. The fraction of sp³-hybridized carbons (Fsp3) is 0.385. The Bertz CT molecular complexity index is 947. The van der Waals surface area contributed by atoms with Gasteiger partial charge in [-0.25, -0.2) is 13.2 Å². The van der Waals surface area contributed by atoms with Gasteiger partial charge in [-0.05, 0) is 74.6 Å². The molecule has 0 atom stereocenters. The SMILES string of the molecule is C=CCCCOc1ccc(C2CCC(C#Cc3ccc(C)c(F)c3F)CC2)c(F)c1. The quantitative estimate of drug-likeness (QED) is 0.280. The van der Waals surface area contributed by atoms with Gasteiger partial charge in [-0.15, -0.1) is 6.58 Å². The van der Waals surface area contributed by atoms with E-state index in [0.717, 1.165) is 38.5 Å². The summed E-state index contributed by atoms with van der Waals surface area (Å²) in [5, 5.41) is 0. The summed E-state index contributed by atoms with van der Waals surface area (Å²) in [6, 6.07) is 8.16. The number of benzene rings is 2. The third-order valence-electron chi connectivity index (χ3n) is 5.65. The van der Waals surface area contributed by atoms with E-state index >= 15 is 0 Å². The molecule has 158 valence electrons. The molecule has 0 amide bonds. The Balaban J connectivity index is 1.57. The average molecular weight is 412 g/mol. The lowest BCUT2D eigenvalue weighted by atomic mass is 9.78. The topological polar surface area (TPSA) is 9.23 Å². The molecule has 4 heteroatoms. The lowest BCUT2D eigenvalue weighted by Crippen LogP contribution is -2.13. The van der Waals surface area contributed by atoms with Gasteiger partial charge in [0.05, 0.1) is 12.2 Å². The Hall–Kier alpha value is -2.67. The standard InChI is InChI=1S/C26H27F3O/c1-3-4-5-16-30-22-14-15-23(24(27)17-22)20-11-7-19(8-12-20)9-13-21-10-6-18(2)25(28)26(21)29/h3,6,10,14-15,17,19-20H,1,4-5,7-8,11-12,16H2,2H3. The van der Waals surface area contributed by atoms with E-state index < -0.39 is 11.6 Å². The van der Waals surface area contributed by atoms with Gasteiger partial charge in [-0.2, -0.15) is 0 Å². The van der Waals surface area contributed by atoms with Crippen LogP contribution in [0, 0.1) is 42.1 Å². The van der Waals surface area contributed by atoms with E-state index in [-0.39, 0.29) is 28.8 Å². The fourth-order valence-electron chi connectivity index (χ4n) is 3.82. The number of halogens is 3. The molecule has 2 aromatic carbocycles. The highest BCUT2D eigenvalue weighted by atomic mass is 19.2. The van der Waals surface area contributed by atoms with E-state index in [9.17, 15) is 13.2 Å². The van der Waals surface area contributed by atoms with Crippen LogP contribution in [0.1, 0.15) is 61.1 Å². The van der Waals surface area contributed by atoms with E-state index in [0.29, 0.717) is 17.9 Å². The number of aryl methyl sites for hydroxylation is 1. The predicted octanol–water partition coefficient (Wildman–Crippen LogP) is 7.08. The van der Waals surface area contributed by atoms with Crippen molar-refractivity contribution in [3.05, 3.63) is 77.1 Å². The van der Waals surface area contributed by atoms with E-state index in [1.165, 1.54) is 25.1 Å². The number of hydrogen-bond donors (Lipinski definition) is 0. The van der Waals surface area contributed by atoms with Crippen molar-refractivity contribution in [3.63, 3.8) is 0 Å². The second-order valence-electron chi connectivity index (χ2n) is 7.84. The van der Waals surface area contributed by atoms with Crippen LogP contribution in [-0.2, 0) is 0 Å². The van der Waals surface area contributed by atoms with Crippen LogP contribution < -0.4 is 4.74 Å². The zero-order valence-electron chi connectivity index (χ0n) is 17.3. The summed E-state index contributed by atoms with van der Waals surface area (Å²) >= 11 is 0. The third kappa shape index (κ3) is 5.48. The molecule has 1 aliphatic rings. The van der Waals surface area contributed by atoms with Gasteiger partial charge in [0, 0.05) is 12.0 Å². The summed E-state index contributed by atoms with van der Waals surface area (Å²) < 4.78 is 47.8. The normalized spacial score (nSPS) is 18.4. The molecule has 1 fully saturated rings. The highest BCUT2D eigenvalue weighted by Gasteiger charge is 2.23. The Morgan fingerprint density at radius 2 is 1.83 bits per heavy atom. The number of hydrogen-bond acceptors (Lipinski definition) is 1. The van der Waals surface area contributed by atoms with Crippen LogP contribution in [-0.4, -0.2) is 6.61 Å². The van der Waals surface area contributed by atoms with Crippen molar-refractivity contribution >= 4 is 0 Å². The molecule has 30 heavy (non-hydrogen) atoms. The van der Waals surface area contributed by atoms with Gasteiger partial charge in [0.2, 0.25) is 0 Å². The van der Waals surface area contributed by atoms with Gasteiger partial charge in [-0.3, -0.25) is 0 Å². The largest absolute Gasteiger partial charge is 0.493 e. The van der Waals surface area contributed by atoms with Crippen molar-refractivity contribution in [3.8, 4) is 17.6 Å². The van der Waals surface area contributed by atoms with E-state index in [2.05, 4.69) is 18.4 Å². The Morgan fingerprint density at radius 3 is 2.53 bits per heavy atom. The van der Waals surface area contributed by atoms with Crippen molar-refractivity contribution in [1.29, 1.82) is 0 Å². The third-order valence-corrected chi connectivity index (χ3v) is 5.65. The molecular formula is C26H27F3O. The number of rotatable bonds is 6. The molecule has 0 radical (unpaired) electrons. The van der Waals surface area contributed by atoms with Gasteiger partial charge >= 0.3 is 0 Å². The zero-order valence-corrected chi connectivity index (χ0v) is 17.3. The molecule has 0 bridgehead atoms. The van der Waals surface area contributed by atoms with E-state index in [4.69, 9.17) is 4.74 Å². The fourth-order valence-corrected chi connectivity index (χ4v) is 3.82. The highest BCUT2D eigenvalue weighted by molar-refractivity contribution is 5.39. The van der Waals surface area contributed by atoms with Gasteiger partial charge in [0.25, 0.3) is 0 Å². The van der Waals surface area contributed by atoms with Crippen molar-refractivity contribution < 1.29 is 17.9 Å². The van der Waals surface area contributed by atoms with Crippen LogP contribution in [0.25, 0.3) is 0 Å². The molecule has 0 heterocycles. The highest BCUT2D eigenvalue weighted by Crippen LogP contribution is 2.37. The Labute approximate surface area is 177 Å². The molecule has 0 aromatic heterocycles. The van der Waals surface area contributed by atoms with E-state index in [1.54, 1.807) is 0 Å². The minimum atomic E-state index is -0.884. The number of unbranched alkanes of at least 4 members (excludes halogenated alkanes) is 1. The number of allylic oxidation sites excluding steroid dienone is 1. The molecule has 0 N–H and O–H groups in total. The van der Waals surface area contributed by atoms with E-state index in [1.807, 2.05) is 18.2 Å². The summed E-state index contributed by atoms with van der Waals surface area (Å²) in [5.74, 6) is 4.72. The maximum atomic E-state index is 14.6. The Morgan fingerprint density at radius 1 is 1.07 bits per heavy atom. The molecule has 0 aliphatic heterocycles. The minimum absolute atomic E-state index is 0.0925. The van der Waals surface area contributed by atoms with Crippen molar-refractivity contribution in [1.82, 2.24) is 0 Å². The Kier molecular flexibility index (Phi) is 7.63. The maximum Gasteiger partial charge on any atom is 0.174 e. The summed E-state index contributed by atoms with van der Waals surface area (Å²) in [6.45, 7) is 5.74. The summed E-state index contributed by atoms with van der Waals surface area (Å²) in [6.07, 6.45) is 6.83. The number of ether oxygens (including phenoxy) is 1. The lowest BCUT2D eigenvalue weighted by molar-refractivity contribution is 0.309. The molecule has 0 saturated heterocycles. The molecule has 1 saturated carbocycles. The smallest absolute Gasteiger partial charge is 0.174 e. The van der Waals surface area contributed by atoms with Gasteiger partial charge in [0.15, 0.2) is 11.6 Å². The van der Waals surface area contributed by atoms with Crippen LogP contribution in [0.4, 0.5) is 13.2 Å². The molecule has 1 aliphatic carbocycles. The summed E-state index contributed by atoms with van der Waals surface area (Å²) in [7, 11) is 0. The minimum Gasteiger partial charge on any atom is -0.493 e. The lowest BCUT2D eigenvalue weighted by Gasteiger charge is -2.26. The molecule has 3 rings (SSSR count). The van der Waals surface area contributed by atoms with Gasteiger partial charge in [0.1, 0.15) is 11.6 Å². The van der Waals surface area contributed by atoms with Crippen LogP contribution >= 0.6 is 0 Å². The second kappa shape index (κ2) is 10.4. The van der Waals surface area contributed by atoms with Crippen LogP contribution in [0.3, 0.4) is 0 Å². The van der Waals surface area contributed by atoms with Crippen LogP contribution in [0.5, 0.6) is 5.75 Å². The molecule has 0 spiro atoms. The first kappa shape index (κ1) is 22.0. The predicted molar refractivity (Wildman–Crippen MR) is 114 cm³/mol. The summed E-state index contributed by atoms with van der Waals surface area (Å²) in [5.41, 5.74) is 1.08. The average Bonchev–Trinajstić information content (AvgIpc) is 2.75. The van der Waals surface area contributed by atoms with Crippen molar-refractivity contribution in [2.24, 2.45) is 5.92 Å². The van der Waals surface area contributed by atoms with Gasteiger partial charge < -0.3 is 4.74 Å². The second-order valence-corrected chi connectivity index (χ2v) is 7.84. The van der Waals surface area contributed by atoms with Crippen LogP contribution in [0.2, 0.25) is 0 Å². The first-order chi connectivity index (χ1) is 14.5. The van der Waals surface area contributed by atoms with Crippen LogP contribution in [0.15, 0.2) is 43.0 Å². The molecular weight excluding hydrogens is 385 g/mol. The molecule has 2 aromatic rings. The van der Waals surface area contributed by atoms with Crippen molar-refractivity contribution in [2.45, 2.75) is 51.4 Å². The summed E-state index contributed by atoms with van der Waals surface area (Å²) in [4.78, 5) is 0. The first-order valence-electron chi connectivity index (χ1n) is 10.5. The molecule has 1 nitrogen and oxygen atoms in total. The van der Waals surface area contributed by atoms with Gasteiger partial charge in [-0.1, -0.05) is 30.0 Å². The maximum absolute atomic E-state index is 14.6. The molecule has 0 unspecified atom stereocenters. The zero-order chi connectivity index (χ0) is 21.5. The van der Waals surface area contributed by atoms with Crippen molar-refractivity contribution in [2.75, 3.05) is 6.61 Å².